The van der Waals surface area contributed by atoms with Gasteiger partial charge in [0.1, 0.15) is 6.54 Å². The zero-order valence-electron chi connectivity index (χ0n) is 17.1. The number of carbonyl (C=O) groups is 1. The van der Waals surface area contributed by atoms with Crippen molar-refractivity contribution in [2.75, 3.05) is 23.1 Å². The molecule has 0 atom stereocenters. The quantitative estimate of drug-likeness (QED) is 0.596. The summed E-state index contributed by atoms with van der Waals surface area (Å²) in [5.41, 5.74) is 1.30. The minimum atomic E-state index is -3.93. The number of nitrogens with zero attached hydrogens (tertiary/aromatic N) is 1. The lowest BCUT2D eigenvalue weighted by molar-refractivity contribution is -0.119. The highest BCUT2D eigenvalue weighted by Crippen LogP contribution is 2.26. The van der Waals surface area contributed by atoms with Gasteiger partial charge in [-0.3, -0.25) is 9.10 Å². The van der Waals surface area contributed by atoms with Gasteiger partial charge in [-0.2, -0.15) is 11.8 Å². The molecular weight excluding hydrogens is 428 g/mol. The van der Waals surface area contributed by atoms with Crippen LogP contribution in [0.15, 0.2) is 53.4 Å². The molecule has 1 N–H and O–H groups in total. The number of anilines is 1. The molecule has 0 bridgehead atoms. The number of sulfonamides is 1. The van der Waals surface area contributed by atoms with Crippen LogP contribution in [0.2, 0.25) is 5.02 Å². The summed E-state index contributed by atoms with van der Waals surface area (Å²) in [5.74, 6) is 0.382. The molecule has 0 radical (unpaired) electrons. The van der Waals surface area contributed by atoms with E-state index in [2.05, 4.69) is 26.1 Å². The van der Waals surface area contributed by atoms with Gasteiger partial charge in [0.2, 0.25) is 5.91 Å². The number of hydrogen-bond acceptors (Lipinski definition) is 4. The van der Waals surface area contributed by atoms with Crippen LogP contribution in [0, 0.1) is 6.92 Å². The zero-order chi connectivity index (χ0) is 21.7. The summed E-state index contributed by atoms with van der Waals surface area (Å²) in [6, 6.07) is 13.0. The minimum absolute atomic E-state index is 0.104. The average molecular weight is 455 g/mol. The van der Waals surface area contributed by atoms with Crippen LogP contribution in [0.5, 0.6) is 0 Å². The van der Waals surface area contributed by atoms with Crippen molar-refractivity contribution < 1.29 is 13.2 Å². The van der Waals surface area contributed by atoms with E-state index in [1.54, 1.807) is 54.2 Å². The van der Waals surface area contributed by atoms with Gasteiger partial charge in [-0.1, -0.05) is 56.1 Å². The van der Waals surface area contributed by atoms with E-state index in [9.17, 15) is 13.2 Å². The van der Waals surface area contributed by atoms with Crippen molar-refractivity contribution in [3.05, 3.63) is 59.1 Å². The molecule has 29 heavy (non-hydrogen) atoms. The van der Waals surface area contributed by atoms with Crippen LogP contribution in [-0.2, 0) is 14.8 Å². The van der Waals surface area contributed by atoms with Gasteiger partial charge in [-0.25, -0.2) is 8.42 Å². The van der Waals surface area contributed by atoms with Crippen LogP contribution in [0.25, 0.3) is 0 Å². The Labute approximate surface area is 182 Å². The number of amides is 1. The van der Waals surface area contributed by atoms with Gasteiger partial charge < -0.3 is 5.32 Å². The number of aryl methyl sites for hydroxylation is 1. The summed E-state index contributed by atoms with van der Waals surface area (Å²) >= 11 is 7.80. The Hall–Kier alpha value is -1.70. The monoisotopic (exact) mass is 454 g/mol. The number of thioether (sulfide) groups is 1. The highest BCUT2D eigenvalue weighted by molar-refractivity contribution is 8.00. The second kappa shape index (κ2) is 9.87. The van der Waals surface area contributed by atoms with Gasteiger partial charge in [0, 0.05) is 22.1 Å². The first-order valence-electron chi connectivity index (χ1n) is 9.25. The number of carbonyl (C=O) groups excluding carboxylic acids is 1. The fourth-order valence-corrected chi connectivity index (χ4v) is 4.93. The van der Waals surface area contributed by atoms with Gasteiger partial charge in [-0.15, -0.1) is 0 Å². The molecule has 0 aliphatic carbocycles. The molecule has 8 heteroatoms. The van der Waals surface area contributed by atoms with Crippen LogP contribution >= 0.6 is 23.4 Å². The summed E-state index contributed by atoms with van der Waals surface area (Å²) in [6.45, 7) is 8.34. The molecule has 0 heterocycles. The van der Waals surface area contributed by atoms with Crippen LogP contribution in [0.4, 0.5) is 5.69 Å². The lowest BCUT2D eigenvalue weighted by Crippen LogP contribution is -2.41. The largest absolute Gasteiger partial charge is 0.354 e. The molecule has 0 spiro atoms. The molecule has 1 amide bonds. The fraction of sp³-hybridized carbons (Fsp3) is 0.381. The normalized spacial score (nSPS) is 11.9. The van der Waals surface area contributed by atoms with Gasteiger partial charge in [-0.05, 0) is 37.3 Å². The van der Waals surface area contributed by atoms with Crippen molar-refractivity contribution in [2.24, 2.45) is 0 Å². The standard InChI is InChI=1S/C21H27ClN2O3S2/c1-16-8-10-19(11-9-16)29(26,27)24(18-7-5-6-17(22)14-18)15-20(25)23-12-13-28-21(2,3)4/h5-11,14H,12-13,15H2,1-4H3,(H,23,25). The topological polar surface area (TPSA) is 66.5 Å². The fourth-order valence-electron chi connectivity index (χ4n) is 2.52. The second-order valence-corrected chi connectivity index (χ2v) is 11.8. The molecule has 2 aromatic rings. The van der Waals surface area contributed by atoms with E-state index in [1.165, 1.54) is 6.07 Å². The van der Waals surface area contributed by atoms with Crippen LogP contribution in [0.1, 0.15) is 26.3 Å². The van der Waals surface area contributed by atoms with Gasteiger partial charge in [0.25, 0.3) is 10.0 Å². The maximum Gasteiger partial charge on any atom is 0.264 e. The van der Waals surface area contributed by atoms with E-state index in [1.807, 2.05) is 6.92 Å². The van der Waals surface area contributed by atoms with E-state index in [0.717, 1.165) is 15.6 Å². The molecule has 0 aromatic heterocycles. The lowest BCUT2D eigenvalue weighted by Gasteiger charge is -2.24. The van der Waals surface area contributed by atoms with Crippen molar-refractivity contribution in [2.45, 2.75) is 37.3 Å². The van der Waals surface area contributed by atoms with Crippen molar-refractivity contribution in [1.29, 1.82) is 0 Å². The van der Waals surface area contributed by atoms with E-state index >= 15 is 0 Å². The summed E-state index contributed by atoms with van der Waals surface area (Å²) in [4.78, 5) is 12.6. The minimum Gasteiger partial charge on any atom is -0.354 e. The first-order valence-corrected chi connectivity index (χ1v) is 12.0. The lowest BCUT2D eigenvalue weighted by atomic mass is 10.2. The number of benzene rings is 2. The van der Waals surface area contributed by atoms with Crippen LogP contribution < -0.4 is 9.62 Å². The highest BCUT2D eigenvalue weighted by Gasteiger charge is 2.27. The highest BCUT2D eigenvalue weighted by atomic mass is 35.5. The Morgan fingerprint density at radius 1 is 1.14 bits per heavy atom. The van der Waals surface area contributed by atoms with Crippen molar-refractivity contribution in [1.82, 2.24) is 5.32 Å². The smallest absolute Gasteiger partial charge is 0.264 e. The van der Waals surface area contributed by atoms with E-state index in [-0.39, 0.29) is 22.1 Å². The predicted molar refractivity (Wildman–Crippen MR) is 122 cm³/mol. The second-order valence-electron chi connectivity index (χ2n) is 7.62. The molecule has 158 valence electrons. The molecule has 2 rings (SSSR count). The molecule has 0 saturated carbocycles. The number of hydrogen-bond donors (Lipinski definition) is 1. The Morgan fingerprint density at radius 2 is 1.79 bits per heavy atom. The third kappa shape index (κ3) is 7.24. The number of nitrogens with one attached hydrogen (secondary N) is 1. The summed E-state index contributed by atoms with van der Waals surface area (Å²) in [6.07, 6.45) is 0. The third-order valence-corrected chi connectivity index (χ3v) is 7.25. The molecule has 0 saturated heterocycles. The van der Waals surface area contributed by atoms with E-state index in [0.29, 0.717) is 17.3 Å². The first-order chi connectivity index (χ1) is 13.5. The van der Waals surface area contributed by atoms with Crippen LogP contribution in [-0.4, -0.2) is 37.9 Å². The SMILES string of the molecule is Cc1ccc(S(=O)(=O)N(CC(=O)NCCSC(C)(C)C)c2cccc(Cl)c2)cc1. The van der Waals surface area contributed by atoms with Crippen molar-refractivity contribution in [3.8, 4) is 0 Å². The Morgan fingerprint density at radius 3 is 2.38 bits per heavy atom. The molecular formula is C21H27ClN2O3S2. The maximum atomic E-state index is 13.3. The average Bonchev–Trinajstić information content (AvgIpc) is 2.63. The predicted octanol–water partition coefficient (Wildman–Crippen LogP) is 4.49. The maximum absolute atomic E-state index is 13.3. The summed E-state index contributed by atoms with van der Waals surface area (Å²) in [7, 11) is -3.93. The van der Waals surface area contributed by atoms with Crippen molar-refractivity contribution in [3.63, 3.8) is 0 Å². The summed E-state index contributed by atoms with van der Waals surface area (Å²) in [5, 5.41) is 3.20. The molecule has 0 aliphatic rings. The first kappa shape index (κ1) is 23.6. The van der Waals surface area contributed by atoms with Gasteiger partial charge in [0.05, 0.1) is 10.6 Å². The van der Waals surface area contributed by atoms with Crippen molar-refractivity contribution >= 4 is 45.0 Å². The van der Waals surface area contributed by atoms with Crippen LogP contribution in [0.3, 0.4) is 0 Å². The van der Waals surface area contributed by atoms with E-state index < -0.39 is 10.0 Å². The number of rotatable bonds is 8. The molecule has 2 aromatic carbocycles. The number of halogens is 1. The molecule has 5 nitrogen and oxygen atoms in total. The third-order valence-electron chi connectivity index (χ3n) is 3.95. The zero-order valence-corrected chi connectivity index (χ0v) is 19.5. The summed E-state index contributed by atoms with van der Waals surface area (Å²) < 4.78 is 27.7. The van der Waals surface area contributed by atoms with E-state index in [4.69, 9.17) is 11.6 Å². The van der Waals surface area contributed by atoms with Gasteiger partial charge in [0.15, 0.2) is 0 Å². The molecule has 0 unspecified atom stereocenters. The Balaban J connectivity index is 2.22. The Bertz CT molecular complexity index is 939. The molecule has 0 aliphatic heterocycles. The molecule has 0 fully saturated rings. The Kier molecular flexibility index (Phi) is 8.02. The van der Waals surface area contributed by atoms with Gasteiger partial charge >= 0.3 is 0 Å².